The van der Waals surface area contributed by atoms with Crippen LogP contribution in [-0.2, 0) is 12.0 Å². The largest absolute Gasteiger partial charge is 0.330 e. The van der Waals surface area contributed by atoms with Gasteiger partial charge in [-0.3, -0.25) is 0 Å². The molecule has 3 heteroatoms. The van der Waals surface area contributed by atoms with Crippen LogP contribution in [0.15, 0.2) is 54.6 Å². The predicted octanol–water partition coefficient (Wildman–Crippen LogP) is 4.27. The van der Waals surface area contributed by atoms with Crippen LogP contribution in [0, 0.1) is 0 Å². The van der Waals surface area contributed by atoms with E-state index in [0.29, 0.717) is 12.6 Å². The molecule has 0 saturated heterocycles. The minimum Gasteiger partial charge on any atom is -0.330 e. The second-order valence-corrected chi connectivity index (χ2v) is 7.07. The molecule has 1 saturated carbocycles. The van der Waals surface area contributed by atoms with Crippen LogP contribution in [-0.4, -0.2) is 12.6 Å². The quantitative estimate of drug-likeness (QED) is 0.860. The Balaban J connectivity index is 1.60. The van der Waals surface area contributed by atoms with Gasteiger partial charge in [-0.1, -0.05) is 54.1 Å². The average Bonchev–Trinajstić information content (AvgIpc) is 2.61. The number of nitrogens with one attached hydrogen (secondary N) is 1. The zero-order chi connectivity index (χ0) is 16.1. The Hall–Kier alpha value is -1.35. The second-order valence-electron chi connectivity index (χ2n) is 6.64. The molecular formula is C20H25ClN2. The number of hydrogen-bond donors (Lipinski definition) is 2. The van der Waals surface area contributed by atoms with Crippen LogP contribution in [0.4, 0.5) is 0 Å². The summed E-state index contributed by atoms with van der Waals surface area (Å²) in [4.78, 5) is 0. The first-order chi connectivity index (χ1) is 11.2. The first kappa shape index (κ1) is 16.5. The van der Waals surface area contributed by atoms with Crippen molar-refractivity contribution >= 4 is 11.6 Å². The molecule has 3 rings (SSSR count). The monoisotopic (exact) mass is 328 g/mol. The molecule has 0 spiro atoms. The Morgan fingerprint density at radius 3 is 2.43 bits per heavy atom. The van der Waals surface area contributed by atoms with E-state index in [-0.39, 0.29) is 5.41 Å². The standard InChI is InChI=1S/C20H25ClN2/c21-18-8-4-7-17(13-18)20(15-22)11-9-19(10-12-20)23-14-16-5-2-1-3-6-16/h1-8,13,19,23H,9-12,14-15,22H2. The lowest BCUT2D eigenvalue weighted by atomic mass is 9.68. The first-order valence-electron chi connectivity index (χ1n) is 8.45. The van der Waals surface area contributed by atoms with E-state index in [1.807, 2.05) is 12.1 Å². The van der Waals surface area contributed by atoms with Crippen LogP contribution in [0.2, 0.25) is 5.02 Å². The fourth-order valence-corrected chi connectivity index (χ4v) is 3.85. The summed E-state index contributed by atoms with van der Waals surface area (Å²) in [6.45, 7) is 1.64. The molecule has 0 aliphatic heterocycles. The van der Waals surface area contributed by atoms with Crippen molar-refractivity contribution in [3.05, 3.63) is 70.7 Å². The van der Waals surface area contributed by atoms with Gasteiger partial charge in [0.05, 0.1) is 0 Å². The van der Waals surface area contributed by atoms with E-state index in [2.05, 4.69) is 47.8 Å². The summed E-state index contributed by atoms with van der Waals surface area (Å²) in [7, 11) is 0. The van der Waals surface area contributed by atoms with Gasteiger partial charge in [0.1, 0.15) is 0 Å². The van der Waals surface area contributed by atoms with Gasteiger partial charge < -0.3 is 11.1 Å². The summed E-state index contributed by atoms with van der Waals surface area (Å²) in [5, 5.41) is 4.50. The van der Waals surface area contributed by atoms with E-state index >= 15 is 0 Å². The molecule has 122 valence electrons. The van der Waals surface area contributed by atoms with Crippen molar-refractivity contribution in [2.45, 2.75) is 43.7 Å². The minimum absolute atomic E-state index is 0.0931. The summed E-state index contributed by atoms with van der Waals surface area (Å²) in [6, 6.07) is 19.4. The number of nitrogens with two attached hydrogens (primary N) is 1. The molecular weight excluding hydrogens is 304 g/mol. The Morgan fingerprint density at radius 1 is 1.04 bits per heavy atom. The SMILES string of the molecule is NCC1(c2cccc(Cl)c2)CCC(NCc2ccccc2)CC1. The van der Waals surface area contributed by atoms with Gasteiger partial charge in [-0.05, 0) is 48.9 Å². The van der Waals surface area contributed by atoms with E-state index in [9.17, 15) is 0 Å². The van der Waals surface area contributed by atoms with E-state index in [4.69, 9.17) is 17.3 Å². The number of benzene rings is 2. The maximum Gasteiger partial charge on any atom is 0.0408 e. The molecule has 3 N–H and O–H groups in total. The fourth-order valence-electron chi connectivity index (χ4n) is 3.66. The molecule has 0 unspecified atom stereocenters. The first-order valence-corrected chi connectivity index (χ1v) is 8.83. The molecule has 0 heterocycles. The highest BCUT2D eigenvalue weighted by atomic mass is 35.5. The van der Waals surface area contributed by atoms with Crippen molar-refractivity contribution in [3.8, 4) is 0 Å². The molecule has 2 aromatic carbocycles. The highest BCUT2D eigenvalue weighted by molar-refractivity contribution is 6.30. The zero-order valence-electron chi connectivity index (χ0n) is 13.5. The Morgan fingerprint density at radius 2 is 1.78 bits per heavy atom. The number of halogens is 1. The third-order valence-electron chi connectivity index (χ3n) is 5.21. The predicted molar refractivity (Wildman–Crippen MR) is 97.7 cm³/mol. The molecule has 1 aliphatic carbocycles. The van der Waals surface area contributed by atoms with Crippen molar-refractivity contribution in [2.24, 2.45) is 5.73 Å². The Kier molecular flexibility index (Phi) is 5.37. The Bertz CT molecular complexity index is 619. The molecule has 1 aliphatic rings. The van der Waals surface area contributed by atoms with Gasteiger partial charge in [-0.15, -0.1) is 0 Å². The molecule has 0 atom stereocenters. The highest BCUT2D eigenvalue weighted by Crippen LogP contribution is 2.39. The highest BCUT2D eigenvalue weighted by Gasteiger charge is 2.35. The molecule has 0 bridgehead atoms. The van der Waals surface area contributed by atoms with Gasteiger partial charge in [0, 0.05) is 29.6 Å². The fraction of sp³-hybridized carbons (Fsp3) is 0.400. The van der Waals surface area contributed by atoms with Crippen LogP contribution < -0.4 is 11.1 Å². The summed E-state index contributed by atoms with van der Waals surface area (Å²) in [6.07, 6.45) is 4.57. The minimum atomic E-state index is 0.0931. The lowest BCUT2D eigenvalue weighted by molar-refractivity contribution is 0.251. The Labute approximate surface area is 144 Å². The van der Waals surface area contributed by atoms with Crippen LogP contribution in [0.25, 0.3) is 0 Å². The summed E-state index contributed by atoms with van der Waals surface area (Å²) >= 11 is 6.18. The van der Waals surface area contributed by atoms with Gasteiger partial charge in [-0.2, -0.15) is 0 Å². The topological polar surface area (TPSA) is 38.0 Å². The van der Waals surface area contributed by atoms with E-state index in [1.54, 1.807) is 0 Å². The molecule has 2 nitrogen and oxygen atoms in total. The van der Waals surface area contributed by atoms with Gasteiger partial charge in [-0.25, -0.2) is 0 Å². The van der Waals surface area contributed by atoms with E-state index in [0.717, 1.165) is 37.3 Å². The van der Waals surface area contributed by atoms with Crippen LogP contribution in [0.3, 0.4) is 0 Å². The maximum atomic E-state index is 6.18. The van der Waals surface area contributed by atoms with Crippen molar-refractivity contribution < 1.29 is 0 Å². The third-order valence-corrected chi connectivity index (χ3v) is 5.44. The van der Waals surface area contributed by atoms with Crippen LogP contribution in [0.1, 0.15) is 36.8 Å². The van der Waals surface area contributed by atoms with Gasteiger partial charge in [0.15, 0.2) is 0 Å². The maximum absolute atomic E-state index is 6.18. The molecule has 23 heavy (non-hydrogen) atoms. The molecule has 1 fully saturated rings. The van der Waals surface area contributed by atoms with Crippen molar-refractivity contribution in [2.75, 3.05) is 6.54 Å². The second kappa shape index (κ2) is 7.48. The summed E-state index contributed by atoms with van der Waals surface area (Å²) in [5.41, 5.74) is 8.91. The van der Waals surface area contributed by atoms with Gasteiger partial charge in [0.25, 0.3) is 0 Å². The van der Waals surface area contributed by atoms with Crippen molar-refractivity contribution in [3.63, 3.8) is 0 Å². The zero-order valence-corrected chi connectivity index (χ0v) is 14.2. The lowest BCUT2D eigenvalue weighted by Gasteiger charge is -2.40. The van der Waals surface area contributed by atoms with Crippen molar-refractivity contribution in [1.82, 2.24) is 5.32 Å². The number of rotatable bonds is 5. The molecule has 2 aromatic rings. The smallest absolute Gasteiger partial charge is 0.0408 e. The average molecular weight is 329 g/mol. The molecule has 0 radical (unpaired) electrons. The lowest BCUT2D eigenvalue weighted by Crippen LogP contribution is -2.43. The van der Waals surface area contributed by atoms with E-state index in [1.165, 1.54) is 11.1 Å². The third kappa shape index (κ3) is 3.95. The van der Waals surface area contributed by atoms with Gasteiger partial charge in [0.2, 0.25) is 0 Å². The summed E-state index contributed by atoms with van der Waals surface area (Å²) < 4.78 is 0. The normalized spacial score (nSPS) is 24.5. The summed E-state index contributed by atoms with van der Waals surface area (Å²) in [5.74, 6) is 0. The van der Waals surface area contributed by atoms with Crippen LogP contribution in [0.5, 0.6) is 0 Å². The molecule has 0 amide bonds. The van der Waals surface area contributed by atoms with Crippen LogP contribution >= 0.6 is 11.6 Å². The van der Waals surface area contributed by atoms with Gasteiger partial charge >= 0.3 is 0 Å². The number of hydrogen-bond acceptors (Lipinski definition) is 2. The van der Waals surface area contributed by atoms with Crippen molar-refractivity contribution in [1.29, 1.82) is 0 Å². The van der Waals surface area contributed by atoms with E-state index < -0.39 is 0 Å². The molecule has 0 aromatic heterocycles.